The van der Waals surface area contributed by atoms with Crippen molar-refractivity contribution in [1.82, 2.24) is 25.2 Å². The number of hydrogen-bond acceptors (Lipinski definition) is 5. The minimum atomic E-state index is -0.323. The molecule has 0 bridgehead atoms. The van der Waals surface area contributed by atoms with Crippen LogP contribution in [0.3, 0.4) is 0 Å². The average molecular weight is 368 g/mol. The lowest BCUT2D eigenvalue weighted by molar-refractivity contribution is 0.243. The van der Waals surface area contributed by atoms with Crippen LogP contribution in [0.25, 0.3) is 0 Å². The van der Waals surface area contributed by atoms with Crippen molar-refractivity contribution in [2.24, 2.45) is 0 Å². The number of amides is 2. The lowest BCUT2D eigenvalue weighted by atomic mass is 10.2. The van der Waals surface area contributed by atoms with Crippen molar-refractivity contribution in [3.05, 3.63) is 59.0 Å². The van der Waals surface area contributed by atoms with Crippen molar-refractivity contribution in [3.8, 4) is 0 Å². The van der Waals surface area contributed by atoms with Gasteiger partial charge in [0.05, 0.1) is 12.2 Å². The molecule has 3 rings (SSSR count). The van der Waals surface area contributed by atoms with Gasteiger partial charge in [0.15, 0.2) is 5.82 Å². The summed E-state index contributed by atoms with van der Waals surface area (Å²) >= 11 is 0. The minimum absolute atomic E-state index is 0.316. The summed E-state index contributed by atoms with van der Waals surface area (Å²) in [4.78, 5) is 16.4. The lowest BCUT2D eigenvalue weighted by Gasteiger charge is -2.14. The molecule has 8 nitrogen and oxygen atoms in total. The first kappa shape index (κ1) is 18.6. The molecule has 0 aliphatic heterocycles. The number of urea groups is 1. The molecule has 0 saturated heterocycles. The molecule has 1 atom stereocenters. The molecular weight excluding hydrogens is 344 g/mol. The van der Waals surface area contributed by atoms with Gasteiger partial charge in [0.1, 0.15) is 6.04 Å². The summed E-state index contributed by atoms with van der Waals surface area (Å²) < 4.78 is 7.10. The Labute approximate surface area is 158 Å². The van der Waals surface area contributed by atoms with Crippen molar-refractivity contribution in [2.45, 2.75) is 46.7 Å². The van der Waals surface area contributed by atoms with E-state index in [1.54, 1.807) is 6.92 Å². The monoisotopic (exact) mass is 368 g/mol. The van der Waals surface area contributed by atoms with Gasteiger partial charge in [-0.05, 0) is 51.0 Å². The Bertz CT molecular complexity index is 913. The van der Waals surface area contributed by atoms with Crippen LogP contribution in [-0.2, 0) is 6.54 Å². The number of hydrogen-bond donors (Lipinski definition) is 2. The molecule has 3 aromatic rings. The Kier molecular flexibility index (Phi) is 5.54. The molecule has 142 valence electrons. The van der Waals surface area contributed by atoms with Crippen LogP contribution in [-0.4, -0.2) is 26.0 Å². The highest BCUT2D eigenvalue weighted by Crippen LogP contribution is 2.16. The van der Waals surface area contributed by atoms with Crippen LogP contribution in [0.1, 0.15) is 48.1 Å². The molecular formula is C19H24N6O2. The van der Waals surface area contributed by atoms with Crippen molar-refractivity contribution >= 4 is 11.7 Å². The van der Waals surface area contributed by atoms with Gasteiger partial charge in [-0.25, -0.2) is 4.79 Å². The lowest BCUT2D eigenvalue weighted by Crippen LogP contribution is -2.32. The van der Waals surface area contributed by atoms with Crippen molar-refractivity contribution in [2.75, 3.05) is 5.32 Å². The van der Waals surface area contributed by atoms with E-state index >= 15 is 0 Å². The van der Waals surface area contributed by atoms with Crippen LogP contribution >= 0.6 is 0 Å². The normalized spacial score (nSPS) is 12.0. The van der Waals surface area contributed by atoms with E-state index in [-0.39, 0.29) is 12.1 Å². The number of benzene rings is 1. The number of aromatic nitrogens is 4. The van der Waals surface area contributed by atoms with Crippen LogP contribution in [0, 0.1) is 20.8 Å². The van der Waals surface area contributed by atoms with Gasteiger partial charge in [0.25, 0.3) is 0 Å². The number of anilines is 1. The van der Waals surface area contributed by atoms with Gasteiger partial charge in [-0.1, -0.05) is 24.2 Å². The molecule has 0 aliphatic carbocycles. The molecule has 0 spiro atoms. The summed E-state index contributed by atoms with van der Waals surface area (Å²) in [6.45, 7) is 8.40. The standard InChI is InChI=1S/C19H24N6O2/c1-5-17(18-20-14(4)24-27-18)22-19(26)21-16-8-6-15(7-9-16)11-25-13(3)10-12(2)23-25/h6-10,17H,5,11H2,1-4H3,(H2,21,22,26)/t17-/m0/s1. The summed E-state index contributed by atoms with van der Waals surface area (Å²) in [5, 5.41) is 13.9. The van der Waals surface area contributed by atoms with Crippen LogP contribution in [0.15, 0.2) is 34.9 Å². The number of carbonyl (C=O) groups is 1. The summed E-state index contributed by atoms with van der Waals surface area (Å²) in [5.74, 6) is 0.953. The Morgan fingerprint density at radius 3 is 2.52 bits per heavy atom. The topological polar surface area (TPSA) is 97.9 Å². The zero-order valence-corrected chi connectivity index (χ0v) is 16.0. The minimum Gasteiger partial charge on any atom is -0.337 e. The summed E-state index contributed by atoms with van der Waals surface area (Å²) in [5.41, 5.74) is 3.95. The second-order valence-corrected chi connectivity index (χ2v) is 6.52. The number of rotatable bonds is 6. The third-order valence-electron chi connectivity index (χ3n) is 4.20. The van der Waals surface area contributed by atoms with Gasteiger partial charge in [0, 0.05) is 11.4 Å². The van der Waals surface area contributed by atoms with Crippen LogP contribution in [0.5, 0.6) is 0 Å². The Morgan fingerprint density at radius 2 is 1.96 bits per heavy atom. The number of nitrogens with zero attached hydrogens (tertiary/aromatic N) is 4. The smallest absolute Gasteiger partial charge is 0.319 e. The molecule has 2 heterocycles. The van der Waals surface area contributed by atoms with E-state index in [1.807, 2.05) is 49.7 Å². The fourth-order valence-electron chi connectivity index (χ4n) is 2.82. The summed E-state index contributed by atoms with van der Waals surface area (Å²) in [7, 11) is 0. The number of nitrogens with one attached hydrogen (secondary N) is 2. The van der Waals surface area contributed by atoms with Gasteiger partial charge >= 0.3 is 6.03 Å². The molecule has 0 fully saturated rings. The fourth-order valence-corrected chi connectivity index (χ4v) is 2.82. The van der Waals surface area contributed by atoms with E-state index in [1.165, 1.54) is 0 Å². The third-order valence-corrected chi connectivity index (χ3v) is 4.20. The van der Waals surface area contributed by atoms with E-state index in [0.29, 0.717) is 30.4 Å². The number of aryl methyl sites for hydroxylation is 3. The van der Waals surface area contributed by atoms with Gasteiger partial charge in [-0.2, -0.15) is 10.1 Å². The SMILES string of the molecule is CC[C@H](NC(=O)Nc1ccc(Cn2nc(C)cc2C)cc1)c1nc(C)no1. The quantitative estimate of drug-likeness (QED) is 0.694. The van der Waals surface area contributed by atoms with E-state index in [4.69, 9.17) is 4.52 Å². The number of carbonyl (C=O) groups excluding carboxylic acids is 1. The van der Waals surface area contributed by atoms with Crippen molar-refractivity contribution < 1.29 is 9.32 Å². The maximum atomic E-state index is 12.3. The first-order chi connectivity index (χ1) is 12.9. The molecule has 1 aromatic carbocycles. The second-order valence-electron chi connectivity index (χ2n) is 6.52. The van der Waals surface area contributed by atoms with Crippen molar-refractivity contribution in [3.63, 3.8) is 0 Å². The summed E-state index contributed by atoms with van der Waals surface area (Å²) in [6.07, 6.45) is 0.649. The Morgan fingerprint density at radius 1 is 1.22 bits per heavy atom. The van der Waals surface area contributed by atoms with Crippen molar-refractivity contribution in [1.29, 1.82) is 0 Å². The predicted molar refractivity (Wildman–Crippen MR) is 101 cm³/mol. The molecule has 0 unspecified atom stereocenters. The van der Waals surface area contributed by atoms with Crippen LogP contribution in [0.2, 0.25) is 0 Å². The van der Waals surface area contributed by atoms with Crippen LogP contribution < -0.4 is 10.6 Å². The van der Waals surface area contributed by atoms with E-state index in [9.17, 15) is 4.79 Å². The average Bonchev–Trinajstić information content (AvgIpc) is 3.19. The Balaban J connectivity index is 1.58. The Hall–Kier alpha value is -3.16. The zero-order chi connectivity index (χ0) is 19.4. The molecule has 0 radical (unpaired) electrons. The van der Waals surface area contributed by atoms with E-state index in [2.05, 4.69) is 31.9 Å². The van der Waals surface area contributed by atoms with Gasteiger partial charge in [0.2, 0.25) is 5.89 Å². The summed E-state index contributed by atoms with van der Waals surface area (Å²) in [6, 6.07) is 9.11. The zero-order valence-electron chi connectivity index (χ0n) is 16.0. The van der Waals surface area contributed by atoms with Gasteiger partial charge in [-0.3, -0.25) is 4.68 Å². The van der Waals surface area contributed by atoms with Crippen LogP contribution in [0.4, 0.5) is 10.5 Å². The molecule has 2 aromatic heterocycles. The maximum Gasteiger partial charge on any atom is 0.319 e. The van der Waals surface area contributed by atoms with Gasteiger partial charge in [-0.15, -0.1) is 0 Å². The van der Waals surface area contributed by atoms with E-state index < -0.39 is 0 Å². The molecule has 27 heavy (non-hydrogen) atoms. The molecule has 2 N–H and O–H groups in total. The highest BCUT2D eigenvalue weighted by Gasteiger charge is 2.18. The van der Waals surface area contributed by atoms with E-state index in [0.717, 1.165) is 17.0 Å². The highest BCUT2D eigenvalue weighted by atomic mass is 16.5. The third kappa shape index (κ3) is 4.72. The first-order valence-electron chi connectivity index (χ1n) is 8.92. The maximum absolute atomic E-state index is 12.3. The van der Waals surface area contributed by atoms with Gasteiger partial charge < -0.3 is 15.2 Å². The molecule has 8 heteroatoms. The molecule has 0 aliphatic rings. The molecule has 0 saturated carbocycles. The first-order valence-corrected chi connectivity index (χ1v) is 8.92. The largest absolute Gasteiger partial charge is 0.337 e. The fraction of sp³-hybridized carbons (Fsp3) is 0.368. The highest BCUT2D eigenvalue weighted by molar-refractivity contribution is 5.89. The second kappa shape index (κ2) is 8.03. The molecule has 2 amide bonds. The predicted octanol–water partition coefficient (Wildman–Crippen LogP) is 3.51.